The molecular weight excluding hydrogens is 200 g/mol. The quantitative estimate of drug-likeness (QED) is 0.766. The van der Waals surface area contributed by atoms with Crippen molar-refractivity contribution in [3.05, 3.63) is 0 Å². The van der Waals surface area contributed by atoms with E-state index in [9.17, 15) is 9.90 Å². The van der Waals surface area contributed by atoms with Gasteiger partial charge in [0, 0.05) is 0 Å². The summed E-state index contributed by atoms with van der Waals surface area (Å²) in [6, 6.07) is 0. The number of hydrogen-bond donors (Lipinski definition) is 1. The third-order valence-electron chi connectivity index (χ3n) is 4.89. The van der Waals surface area contributed by atoms with Gasteiger partial charge in [-0.25, -0.2) is 0 Å². The average Bonchev–Trinajstić information content (AvgIpc) is 2.32. The second-order valence-corrected chi connectivity index (χ2v) is 5.29. The lowest BCUT2D eigenvalue weighted by Crippen LogP contribution is -2.39. The van der Waals surface area contributed by atoms with E-state index in [1.54, 1.807) is 0 Å². The zero-order valence-electron chi connectivity index (χ0n) is 11.0. The summed E-state index contributed by atoms with van der Waals surface area (Å²) >= 11 is 0. The van der Waals surface area contributed by atoms with Crippen LogP contribution in [0, 0.1) is 17.3 Å². The SMILES string of the molecule is CCC1CCC(C(CC)(CC)C(=O)O)CC1. The first kappa shape index (κ1) is 13.5. The maximum absolute atomic E-state index is 11.5. The molecule has 0 unspecified atom stereocenters. The molecule has 2 heteroatoms. The second-order valence-electron chi connectivity index (χ2n) is 5.29. The van der Waals surface area contributed by atoms with E-state index >= 15 is 0 Å². The van der Waals surface area contributed by atoms with Gasteiger partial charge < -0.3 is 5.11 Å². The molecule has 1 fully saturated rings. The molecule has 0 aromatic rings. The molecule has 0 bridgehead atoms. The fourth-order valence-electron chi connectivity index (χ4n) is 3.43. The third kappa shape index (κ3) is 2.41. The summed E-state index contributed by atoms with van der Waals surface area (Å²) in [5.41, 5.74) is -0.446. The second kappa shape index (κ2) is 5.70. The van der Waals surface area contributed by atoms with Gasteiger partial charge in [0.2, 0.25) is 0 Å². The highest BCUT2D eigenvalue weighted by molar-refractivity contribution is 5.75. The molecule has 94 valence electrons. The van der Waals surface area contributed by atoms with Crippen LogP contribution in [0.15, 0.2) is 0 Å². The van der Waals surface area contributed by atoms with Gasteiger partial charge in [-0.15, -0.1) is 0 Å². The number of rotatable bonds is 5. The molecule has 0 spiro atoms. The molecule has 0 atom stereocenters. The molecule has 0 radical (unpaired) electrons. The Morgan fingerprint density at radius 3 is 1.94 bits per heavy atom. The van der Waals surface area contributed by atoms with Gasteiger partial charge in [-0.1, -0.05) is 40.0 Å². The molecule has 0 saturated heterocycles. The lowest BCUT2D eigenvalue weighted by molar-refractivity contribution is -0.154. The summed E-state index contributed by atoms with van der Waals surface area (Å²) in [5, 5.41) is 9.50. The minimum Gasteiger partial charge on any atom is -0.481 e. The van der Waals surface area contributed by atoms with E-state index in [0.717, 1.165) is 31.6 Å². The molecule has 2 nitrogen and oxygen atoms in total. The molecular formula is C14H26O2. The predicted molar refractivity (Wildman–Crippen MR) is 66.4 cm³/mol. The Labute approximate surface area is 99.4 Å². The van der Waals surface area contributed by atoms with Crippen molar-refractivity contribution in [2.45, 2.75) is 65.7 Å². The Morgan fingerprint density at radius 2 is 1.62 bits per heavy atom. The third-order valence-corrected chi connectivity index (χ3v) is 4.89. The van der Waals surface area contributed by atoms with Crippen LogP contribution >= 0.6 is 0 Å². The smallest absolute Gasteiger partial charge is 0.309 e. The zero-order valence-corrected chi connectivity index (χ0v) is 11.0. The Morgan fingerprint density at radius 1 is 1.12 bits per heavy atom. The van der Waals surface area contributed by atoms with Crippen LogP contribution in [0.5, 0.6) is 0 Å². The standard InChI is InChI=1S/C14H26O2/c1-4-11-7-9-12(10-8-11)14(5-2,6-3)13(15)16/h11-12H,4-10H2,1-3H3,(H,15,16). The minimum atomic E-state index is -0.572. The van der Waals surface area contributed by atoms with Gasteiger partial charge in [0.15, 0.2) is 0 Å². The molecule has 0 heterocycles. The van der Waals surface area contributed by atoms with Crippen molar-refractivity contribution in [3.8, 4) is 0 Å². The number of hydrogen-bond acceptors (Lipinski definition) is 1. The zero-order chi connectivity index (χ0) is 12.2. The number of carbonyl (C=O) groups is 1. The van der Waals surface area contributed by atoms with Crippen molar-refractivity contribution in [3.63, 3.8) is 0 Å². The van der Waals surface area contributed by atoms with Crippen molar-refractivity contribution < 1.29 is 9.90 Å². The Bertz CT molecular complexity index is 223. The highest BCUT2D eigenvalue weighted by atomic mass is 16.4. The van der Waals surface area contributed by atoms with Crippen molar-refractivity contribution >= 4 is 5.97 Å². The topological polar surface area (TPSA) is 37.3 Å². The van der Waals surface area contributed by atoms with Crippen LogP contribution in [0.4, 0.5) is 0 Å². The maximum Gasteiger partial charge on any atom is 0.309 e. The molecule has 1 aliphatic rings. The van der Waals surface area contributed by atoms with Crippen LogP contribution in [0.3, 0.4) is 0 Å². The number of carboxylic acids is 1. The maximum atomic E-state index is 11.5. The highest BCUT2D eigenvalue weighted by Crippen LogP contribution is 2.45. The molecule has 0 aromatic carbocycles. The van der Waals surface area contributed by atoms with Gasteiger partial charge in [0.1, 0.15) is 0 Å². The fourth-order valence-corrected chi connectivity index (χ4v) is 3.43. The van der Waals surface area contributed by atoms with Crippen LogP contribution in [0.25, 0.3) is 0 Å². The van der Waals surface area contributed by atoms with Crippen LogP contribution < -0.4 is 0 Å². The van der Waals surface area contributed by atoms with E-state index in [1.807, 2.05) is 13.8 Å². The first-order valence-electron chi connectivity index (χ1n) is 6.84. The summed E-state index contributed by atoms with van der Waals surface area (Å²) in [4.78, 5) is 11.5. The molecule has 0 aliphatic heterocycles. The van der Waals surface area contributed by atoms with Crippen molar-refractivity contribution in [1.29, 1.82) is 0 Å². The molecule has 1 N–H and O–H groups in total. The predicted octanol–water partition coefficient (Wildman–Crippen LogP) is 4.09. The van der Waals surface area contributed by atoms with E-state index in [4.69, 9.17) is 0 Å². The molecule has 0 aromatic heterocycles. The fraction of sp³-hybridized carbons (Fsp3) is 0.929. The lowest BCUT2D eigenvalue weighted by atomic mass is 9.64. The molecule has 1 saturated carbocycles. The van der Waals surface area contributed by atoms with Crippen molar-refractivity contribution in [1.82, 2.24) is 0 Å². The Hall–Kier alpha value is -0.530. The highest BCUT2D eigenvalue weighted by Gasteiger charge is 2.43. The van der Waals surface area contributed by atoms with Gasteiger partial charge >= 0.3 is 5.97 Å². The normalized spacial score (nSPS) is 26.7. The summed E-state index contributed by atoms with van der Waals surface area (Å²) in [5.74, 6) is 0.678. The van der Waals surface area contributed by atoms with Crippen molar-refractivity contribution in [2.24, 2.45) is 17.3 Å². The monoisotopic (exact) mass is 226 g/mol. The Balaban J connectivity index is 2.71. The summed E-state index contributed by atoms with van der Waals surface area (Å²) in [7, 11) is 0. The van der Waals surface area contributed by atoms with E-state index < -0.39 is 11.4 Å². The first-order valence-corrected chi connectivity index (χ1v) is 6.84. The van der Waals surface area contributed by atoms with Gasteiger partial charge in [0.25, 0.3) is 0 Å². The van der Waals surface area contributed by atoms with Crippen LogP contribution in [-0.2, 0) is 4.79 Å². The van der Waals surface area contributed by atoms with Gasteiger partial charge in [0.05, 0.1) is 5.41 Å². The molecule has 0 amide bonds. The van der Waals surface area contributed by atoms with E-state index in [1.165, 1.54) is 19.3 Å². The van der Waals surface area contributed by atoms with Crippen molar-refractivity contribution in [2.75, 3.05) is 0 Å². The van der Waals surface area contributed by atoms with Crippen LogP contribution in [0.1, 0.15) is 65.7 Å². The summed E-state index contributed by atoms with van der Waals surface area (Å²) in [6.07, 6.45) is 7.51. The van der Waals surface area contributed by atoms with Gasteiger partial charge in [-0.2, -0.15) is 0 Å². The van der Waals surface area contributed by atoms with Gasteiger partial charge in [-0.05, 0) is 37.5 Å². The minimum absolute atomic E-state index is 0.405. The lowest BCUT2D eigenvalue weighted by Gasteiger charge is -2.40. The molecule has 16 heavy (non-hydrogen) atoms. The summed E-state index contributed by atoms with van der Waals surface area (Å²) in [6.45, 7) is 6.31. The number of aliphatic carboxylic acids is 1. The first-order chi connectivity index (χ1) is 7.60. The average molecular weight is 226 g/mol. The largest absolute Gasteiger partial charge is 0.481 e. The van der Waals surface area contributed by atoms with E-state index in [2.05, 4.69) is 6.92 Å². The van der Waals surface area contributed by atoms with Crippen LogP contribution in [-0.4, -0.2) is 11.1 Å². The van der Waals surface area contributed by atoms with Gasteiger partial charge in [-0.3, -0.25) is 4.79 Å². The van der Waals surface area contributed by atoms with E-state index in [-0.39, 0.29) is 0 Å². The van der Waals surface area contributed by atoms with Crippen LogP contribution in [0.2, 0.25) is 0 Å². The Kier molecular flexibility index (Phi) is 4.82. The summed E-state index contributed by atoms with van der Waals surface area (Å²) < 4.78 is 0. The van der Waals surface area contributed by atoms with E-state index in [0.29, 0.717) is 5.92 Å². The molecule has 1 rings (SSSR count). The number of carboxylic acid groups (broad SMARTS) is 1. The molecule has 1 aliphatic carbocycles.